The fourth-order valence-electron chi connectivity index (χ4n) is 2.57. The van der Waals surface area contributed by atoms with Crippen molar-refractivity contribution in [1.29, 1.82) is 0 Å². The number of hydrogen-bond donors (Lipinski definition) is 1. The van der Waals surface area contributed by atoms with E-state index in [1.54, 1.807) is 12.0 Å². The van der Waals surface area contributed by atoms with Crippen LogP contribution in [-0.4, -0.2) is 40.9 Å². The second-order valence-electron chi connectivity index (χ2n) is 5.45. The van der Waals surface area contributed by atoms with Crippen molar-refractivity contribution in [2.24, 2.45) is 0 Å². The number of methoxy groups -OCH3 is 1. The molecule has 1 fully saturated rings. The Balaban J connectivity index is 2.87. The Morgan fingerprint density at radius 2 is 1.88 bits per heavy atom. The van der Waals surface area contributed by atoms with E-state index in [9.17, 15) is 9.90 Å². The molecule has 1 saturated carbocycles. The van der Waals surface area contributed by atoms with E-state index in [0.29, 0.717) is 0 Å². The van der Waals surface area contributed by atoms with Crippen LogP contribution in [0.15, 0.2) is 0 Å². The van der Waals surface area contributed by atoms with E-state index < -0.39 is 6.09 Å². The number of hydrogen-bond acceptors (Lipinski definition) is 2. The van der Waals surface area contributed by atoms with Gasteiger partial charge < -0.3 is 9.84 Å². The average Bonchev–Trinajstić information content (AvgIpc) is 2.15. The van der Waals surface area contributed by atoms with Crippen LogP contribution in [0.3, 0.4) is 0 Å². The molecule has 0 aromatic heterocycles. The quantitative estimate of drug-likeness (QED) is 0.792. The van der Waals surface area contributed by atoms with Crippen LogP contribution in [0.4, 0.5) is 4.79 Å². The molecule has 1 aliphatic rings. The molecule has 16 heavy (non-hydrogen) atoms. The number of amides is 1. The first-order valence-corrected chi connectivity index (χ1v) is 5.93. The van der Waals surface area contributed by atoms with E-state index in [0.717, 1.165) is 25.7 Å². The molecule has 4 heteroatoms. The van der Waals surface area contributed by atoms with Crippen molar-refractivity contribution in [3.63, 3.8) is 0 Å². The van der Waals surface area contributed by atoms with Crippen LogP contribution in [0.5, 0.6) is 0 Å². The molecular weight excluding hydrogens is 206 g/mol. The third-order valence-corrected chi connectivity index (χ3v) is 3.23. The second kappa shape index (κ2) is 5.04. The molecular formula is C12H23NO3. The van der Waals surface area contributed by atoms with Crippen molar-refractivity contribution in [3.05, 3.63) is 0 Å². The second-order valence-corrected chi connectivity index (χ2v) is 5.45. The van der Waals surface area contributed by atoms with Crippen molar-refractivity contribution >= 4 is 6.09 Å². The average molecular weight is 229 g/mol. The fraction of sp³-hybridized carbons (Fsp3) is 0.917. The summed E-state index contributed by atoms with van der Waals surface area (Å²) in [5.41, 5.74) is -0.370. The molecule has 1 rings (SSSR count). The Morgan fingerprint density at radius 1 is 1.31 bits per heavy atom. The molecule has 0 radical (unpaired) electrons. The molecule has 0 aromatic carbocycles. The summed E-state index contributed by atoms with van der Waals surface area (Å²) in [7, 11) is 1.67. The molecule has 4 nitrogen and oxygen atoms in total. The number of carboxylic acid groups (broad SMARTS) is 1. The SMILES string of the molecule is CO[C@H]1CCCC[C@H]1N(C(=O)O)C(C)(C)C. The summed E-state index contributed by atoms with van der Waals surface area (Å²) in [6, 6.07) is -0.00347. The largest absolute Gasteiger partial charge is 0.465 e. The van der Waals surface area contributed by atoms with Gasteiger partial charge in [0.2, 0.25) is 0 Å². The third kappa shape index (κ3) is 2.88. The van der Waals surface area contributed by atoms with Gasteiger partial charge in [-0.15, -0.1) is 0 Å². The Bertz CT molecular complexity index is 247. The zero-order chi connectivity index (χ0) is 12.3. The van der Waals surface area contributed by atoms with Gasteiger partial charge in [-0.25, -0.2) is 4.79 Å². The van der Waals surface area contributed by atoms with Gasteiger partial charge in [-0.2, -0.15) is 0 Å². The first-order chi connectivity index (χ1) is 7.38. The van der Waals surface area contributed by atoms with Gasteiger partial charge in [-0.3, -0.25) is 4.90 Å². The highest BCUT2D eigenvalue weighted by atomic mass is 16.5. The maximum Gasteiger partial charge on any atom is 0.408 e. The first kappa shape index (κ1) is 13.3. The van der Waals surface area contributed by atoms with Gasteiger partial charge in [0.25, 0.3) is 0 Å². The molecule has 1 amide bonds. The first-order valence-electron chi connectivity index (χ1n) is 5.93. The maximum absolute atomic E-state index is 11.4. The molecule has 0 spiro atoms. The lowest BCUT2D eigenvalue weighted by Gasteiger charge is -2.44. The monoisotopic (exact) mass is 229 g/mol. The molecule has 0 aliphatic heterocycles. The number of nitrogens with zero attached hydrogens (tertiary/aromatic N) is 1. The van der Waals surface area contributed by atoms with Crippen molar-refractivity contribution in [1.82, 2.24) is 4.90 Å². The van der Waals surface area contributed by atoms with Crippen LogP contribution in [-0.2, 0) is 4.74 Å². The predicted octanol–water partition coefficient (Wildman–Crippen LogP) is 2.72. The molecule has 0 unspecified atom stereocenters. The molecule has 1 N–H and O–H groups in total. The predicted molar refractivity (Wildman–Crippen MR) is 62.7 cm³/mol. The summed E-state index contributed by atoms with van der Waals surface area (Å²) >= 11 is 0. The summed E-state index contributed by atoms with van der Waals surface area (Å²) in [6.45, 7) is 5.80. The lowest BCUT2D eigenvalue weighted by molar-refractivity contribution is -0.0330. The van der Waals surface area contributed by atoms with Crippen molar-refractivity contribution < 1.29 is 14.6 Å². The lowest BCUT2D eigenvalue weighted by Crippen LogP contribution is -2.56. The van der Waals surface area contributed by atoms with Gasteiger partial charge in [0.15, 0.2) is 0 Å². The molecule has 94 valence electrons. The minimum Gasteiger partial charge on any atom is -0.465 e. The Morgan fingerprint density at radius 3 is 2.31 bits per heavy atom. The van der Waals surface area contributed by atoms with Crippen LogP contribution in [0.2, 0.25) is 0 Å². The Hall–Kier alpha value is -0.770. The highest BCUT2D eigenvalue weighted by Crippen LogP contribution is 2.30. The van der Waals surface area contributed by atoms with E-state index in [1.807, 2.05) is 20.8 Å². The van der Waals surface area contributed by atoms with Gasteiger partial charge in [0, 0.05) is 12.6 Å². The highest BCUT2D eigenvalue weighted by Gasteiger charge is 2.38. The molecule has 1 aliphatic carbocycles. The van der Waals surface area contributed by atoms with Crippen LogP contribution in [0.1, 0.15) is 46.5 Å². The fourth-order valence-corrected chi connectivity index (χ4v) is 2.57. The summed E-state index contributed by atoms with van der Waals surface area (Å²) < 4.78 is 5.43. The third-order valence-electron chi connectivity index (χ3n) is 3.23. The van der Waals surface area contributed by atoms with Crippen molar-refractivity contribution in [3.8, 4) is 0 Å². The van der Waals surface area contributed by atoms with E-state index in [-0.39, 0.29) is 17.7 Å². The maximum atomic E-state index is 11.4. The van der Waals surface area contributed by atoms with Gasteiger partial charge in [-0.1, -0.05) is 12.8 Å². The van der Waals surface area contributed by atoms with Gasteiger partial charge >= 0.3 is 6.09 Å². The van der Waals surface area contributed by atoms with E-state index >= 15 is 0 Å². The molecule has 0 saturated heterocycles. The molecule has 0 heterocycles. The summed E-state index contributed by atoms with van der Waals surface area (Å²) in [5.74, 6) is 0. The van der Waals surface area contributed by atoms with Gasteiger partial charge in [0.05, 0.1) is 12.1 Å². The van der Waals surface area contributed by atoms with E-state index in [2.05, 4.69) is 0 Å². The zero-order valence-electron chi connectivity index (χ0n) is 10.7. The van der Waals surface area contributed by atoms with Gasteiger partial charge in [0.1, 0.15) is 0 Å². The molecule has 0 aromatic rings. The summed E-state index contributed by atoms with van der Waals surface area (Å²) in [4.78, 5) is 12.9. The van der Waals surface area contributed by atoms with E-state index in [1.165, 1.54) is 0 Å². The number of carbonyl (C=O) groups is 1. The smallest absolute Gasteiger partial charge is 0.408 e. The standard InChI is InChI=1S/C12H23NO3/c1-12(2,3)13(11(14)15)9-7-5-6-8-10(9)16-4/h9-10H,5-8H2,1-4H3,(H,14,15)/t9-,10+/m1/s1. The summed E-state index contributed by atoms with van der Waals surface area (Å²) in [5, 5.41) is 9.34. The van der Waals surface area contributed by atoms with Crippen LogP contribution in [0, 0.1) is 0 Å². The zero-order valence-corrected chi connectivity index (χ0v) is 10.7. The highest BCUT2D eigenvalue weighted by molar-refractivity contribution is 5.66. The van der Waals surface area contributed by atoms with Crippen LogP contribution in [0.25, 0.3) is 0 Å². The minimum atomic E-state index is -0.846. The van der Waals surface area contributed by atoms with Crippen LogP contribution >= 0.6 is 0 Å². The molecule has 2 atom stereocenters. The van der Waals surface area contributed by atoms with Gasteiger partial charge in [-0.05, 0) is 33.6 Å². The number of rotatable bonds is 2. The normalized spacial score (nSPS) is 26.5. The van der Waals surface area contributed by atoms with Crippen LogP contribution < -0.4 is 0 Å². The van der Waals surface area contributed by atoms with E-state index in [4.69, 9.17) is 4.74 Å². The summed E-state index contributed by atoms with van der Waals surface area (Å²) in [6.07, 6.45) is 3.28. The Kier molecular flexibility index (Phi) is 4.19. The number of ether oxygens (including phenoxy) is 1. The van der Waals surface area contributed by atoms with Crippen molar-refractivity contribution in [2.45, 2.75) is 64.1 Å². The topological polar surface area (TPSA) is 49.8 Å². The van der Waals surface area contributed by atoms with Crippen molar-refractivity contribution in [2.75, 3.05) is 7.11 Å². The lowest BCUT2D eigenvalue weighted by atomic mass is 9.88. The molecule has 0 bridgehead atoms. The Labute approximate surface area is 97.6 Å². The minimum absolute atomic E-state index is 0.00347.